The number of amides is 1. The van der Waals surface area contributed by atoms with E-state index in [2.05, 4.69) is 0 Å². The van der Waals surface area contributed by atoms with Crippen molar-refractivity contribution in [3.63, 3.8) is 0 Å². The molecule has 0 saturated carbocycles. The van der Waals surface area contributed by atoms with Gasteiger partial charge in [-0.05, 0) is 31.5 Å². The predicted octanol–water partition coefficient (Wildman–Crippen LogP) is 5.08. The summed E-state index contributed by atoms with van der Waals surface area (Å²) in [7, 11) is 0. The molecular weight excluding hydrogens is 337 g/mol. The third-order valence-corrected chi connectivity index (χ3v) is 3.84. The number of nitrogens with zero attached hydrogens (tertiary/aromatic N) is 2. The molecule has 0 aliphatic rings. The zero-order valence-electron chi connectivity index (χ0n) is 14.0. The van der Waals surface area contributed by atoms with Gasteiger partial charge in [0.25, 0.3) is 0 Å². The molecule has 0 fully saturated rings. The number of thiocarbonyl (C=S) groups is 1. The summed E-state index contributed by atoms with van der Waals surface area (Å²) in [6.07, 6.45) is -3.36. The van der Waals surface area contributed by atoms with Crippen molar-refractivity contribution in [3.8, 4) is 6.07 Å². The van der Waals surface area contributed by atoms with Gasteiger partial charge in [0, 0.05) is 5.41 Å². The Hall–Kier alpha value is -1.94. The van der Waals surface area contributed by atoms with Crippen LogP contribution < -0.4 is 4.90 Å². The third kappa shape index (κ3) is 4.32. The molecule has 0 unspecified atom stereocenters. The average Bonchev–Trinajstić information content (AvgIpc) is 2.45. The van der Waals surface area contributed by atoms with Crippen molar-refractivity contribution in [2.45, 2.75) is 46.7 Å². The molecule has 0 atom stereocenters. The molecule has 0 aliphatic carbocycles. The maximum Gasteiger partial charge on any atom is 0.417 e. The summed E-state index contributed by atoms with van der Waals surface area (Å²) in [6, 6.07) is 4.69. The summed E-state index contributed by atoms with van der Waals surface area (Å²) in [6.45, 7) is 6.88. The van der Waals surface area contributed by atoms with Gasteiger partial charge in [-0.2, -0.15) is 18.4 Å². The molecule has 24 heavy (non-hydrogen) atoms. The molecule has 0 bridgehead atoms. The first-order chi connectivity index (χ1) is 11.0. The van der Waals surface area contributed by atoms with E-state index in [-0.39, 0.29) is 16.6 Å². The highest BCUT2D eigenvalue weighted by Crippen LogP contribution is 2.36. The number of hydrogen-bond donors (Lipinski definition) is 0. The van der Waals surface area contributed by atoms with Gasteiger partial charge in [-0.1, -0.05) is 39.4 Å². The van der Waals surface area contributed by atoms with Gasteiger partial charge in [0.05, 0.1) is 27.9 Å². The molecule has 1 amide bonds. The van der Waals surface area contributed by atoms with Crippen LogP contribution in [0.5, 0.6) is 0 Å². The monoisotopic (exact) mass is 356 g/mol. The van der Waals surface area contributed by atoms with Crippen molar-refractivity contribution in [1.29, 1.82) is 5.26 Å². The number of benzene rings is 1. The Morgan fingerprint density at radius 1 is 1.33 bits per heavy atom. The Labute approximate surface area is 145 Å². The first-order valence-corrected chi connectivity index (χ1v) is 7.83. The molecule has 0 radical (unpaired) electrons. The van der Waals surface area contributed by atoms with Gasteiger partial charge in [0.15, 0.2) is 0 Å². The fraction of sp³-hybridized carbons (Fsp3) is 0.471. The van der Waals surface area contributed by atoms with E-state index in [1.807, 2.05) is 6.92 Å². The fourth-order valence-electron chi connectivity index (χ4n) is 2.48. The molecule has 0 aliphatic heterocycles. The second kappa shape index (κ2) is 7.31. The Balaban J connectivity index is 3.46. The molecule has 1 aromatic carbocycles. The molecule has 0 aromatic heterocycles. The zero-order chi connectivity index (χ0) is 18.7. The van der Waals surface area contributed by atoms with Gasteiger partial charge >= 0.3 is 6.18 Å². The Morgan fingerprint density at radius 3 is 2.33 bits per heavy atom. The number of hydrogen-bond acceptors (Lipinski definition) is 3. The number of rotatable bonds is 4. The van der Waals surface area contributed by atoms with E-state index >= 15 is 0 Å². The normalized spacial score (nSPS) is 11.8. The number of halogens is 3. The van der Waals surface area contributed by atoms with Gasteiger partial charge < -0.3 is 0 Å². The Kier molecular flexibility index (Phi) is 6.12. The van der Waals surface area contributed by atoms with E-state index in [1.165, 1.54) is 19.1 Å². The number of anilines is 1. The molecule has 0 heterocycles. The lowest BCUT2D eigenvalue weighted by molar-refractivity contribution is -0.137. The molecule has 0 saturated heterocycles. The van der Waals surface area contributed by atoms with E-state index in [0.29, 0.717) is 6.42 Å². The highest BCUT2D eigenvalue weighted by molar-refractivity contribution is 7.80. The van der Waals surface area contributed by atoms with Gasteiger partial charge in [-0.3, -0.25) is 9.69 Å². The molecule has 1 rings (SSSR count). The SMILES string of the molecule is CCCC(C)(C)C(=O)N(C(C)=S)c1ccc(C#N)c(C(F)(F)F)c1. The highest BCUT2D eigenvalue weighted by atomic mass is 32.1. The standard InChI is InChI=1S/C17H19F3N2OS/c1-5-8-16(3,4)15(23)22(11(2)24)13-7-6-12(10-21)14(9-13)17(18,19)20/h6-7,9H,5,8H2,1-4H3. The number of nitriles is 1. The largest absolute Gasteiger partial charge is 0.417 e. The number of carbonyl (C=O) groups is 1. The third-order valence-electron chi connectivity index (χ3n) is 3.66. The molecule has 7 heteroatoms. The van der Waals surface area contributed by atoms with Crippen LogP contribution in [0.2, 0.25) is 0 Å². The first kappa shape index (κ1) is 20.1. The first-order valence-electron chi connectivity index (χ1n) is 7.42. The smallest absolute Gasteiger partial charge is 0.275 e. The topological polar surface area (TPSA) is 44.1 Å². The van der Waals surface area contributed by atoms with E-state index in [1.54, 1.807) is 13.8 Å². The van der Waals surface area contributed by atoms with E-state index < -0.39 is 22.7 Å². The second-order valence-electron chi connectivity index (χ2n) is 6.13. The van der Waals surface area contributed by atoms with Crippen LogP contribution in [0.3, 0.4) is 0 Å². The molecule has 0 spiro atoms. The minimum atomic E-state index is -4.69. The van der Waals surface area contributed by atoms with Crippen LogP contribution in [-0.2, 0) is 11.0 Å². The van der Waals surface area contributed by atoms with Crippen molar-refractivity contribution in [3.05, 3.63) is 29.3 Å². The van der Waals surface area contributed by atoms with Crippen LogP contribution in [0.4, 0.5) is 18.9 Å². The van der Waals surface area contributed by atoms with Crippen molar-refractivity contribution in [1.82, 2.24) is 0 Å². The van der Waals surface area contributed by atoms with E-state index in [4.69, 9.17) is 17.5 Å². The zero-order valence-corrected chi connectivity index (χ0v) is 14.8. The second-order valence-corrected chi connectivity index (χ2v) is 6.72. The fourth-order valence-corrected chi connectivity index (χ4v) is 2.67. The lowest BCUT2D eigenvalue weighted by Gasteiger charge is -2.31. The highest BCUT2D eigenvalue weighted by Gasteiger charge is 2.37. The van der Waals surface area contributed by atoms with Crippen LogP contribution in [0.15, 0.2) is 18.2 Å². The Bertz CT molecular complexity index is 690. The average molecular weight is 356 g/mol. The van der Waals surface area contributed by atoms with Crippen LogP contribution in [0.25, 0.3) is 0 Å². The summed E-state index contributed by atoms with van der Waals surface area (Å²) in [5, 5.41) is 8.87. The maximum absolute atomic E-state index is 13.1. The molecule has 130 valence electrons. The van der Waals surface area contributed by atoms with Gasteiger partial charge in [-0.15, -0.1) is 0 Å². The molecule has 3 nitrogen and oxygen atoms in total. The lowest BCUT2D eigenvalue weighted by Crippen LogP contribution is -2.43. The summed E-state index contributed by atoms with van der Waals surface area (Å²) in [4.78, 5) is 14.1. The van der Waals surface area contributed by atoms with E-state index in [0.717, 1.165) is 23.5 Å². The number of alkyl halides is 3. The van der Waals surface area contributed by atoms with Crippen molar-refractivity contribution in [2.75, 3.05) is 4.90 Å². The maximum atomic E-state index is 13.1. The number of carbonyl (C=O) groups excluding carboxylic acids is 1. The van der Waals surface area contributed by atoms with Crippen LogP contribution in [0.1, 0.15) is 51.7 Å². The molecule has 1 aromatic rings. The van der Waals surface area contributed by atoms with Gasteiger partial charge in [0.1, 0.15) is 0 Å². The predicted molar refractivity (Wildman–Crippen MR) is 90.6 cm³/mol. The van der Waals surface area contributed by atoms with Crippen molar-refractivity contribution < 1.29 is 18.0 Å². The molecule has 0 N–H and O–H groups in total. The summed E-state index contributed by atoms with van der Waals surface area (Å²) < 4.78 is 39.4. The van der Waals surface area contributed by atoms with Gasteiger partial charge in [-0.25, -0.2) is 0 Å². The Morgan fingerprint density at radius 2 is 1.92 bits per heavy atom. The van der Waals surface area contributed by atoms with Gasteiger partial charge in [0.2, 0.25) is 5.91 Å². The minimum Gasteiger partial charge on any atom is -0.275 e. The molecular formula is C17H19F3N2OS. The minimum absolute atomic E-state index is 0.0167. The lowest BCUT2D eigenvalue weighted by atomic mass is 9.86. The van der Waals surface area contributed by atoms with Crippen LogP contribution >= 0.6 is 12.2 Å². The quantitative estimate of drug-likeness (QED) is 0.706. The summed E-state index contributed by atoms with van der Waals surface area (Å²) in [5.74, 6) is -0.366. The van der Waals surface area contributed by atoms with Crippen LogP contribution in [-0.4, -0.2) is 10.9 Å². The van der Waals surface area contributed by atoms with E-state index in [9.17, 15) is 18.0 Å². The van der Waals surface area contributed by atoms with Crippen molar-refractivity contribution >= 4 is 28.8 Å². The van der Waals surface area contributed by atoms with Crippen molar-refractivity contribution in [2.24, 2.45) is 5.41 Å². The van der Waals surface area contributed by atoms with Crippen LogP contribution in [0, 0.1) is 16.7 Å². The summed E-state index contributed by atoms with van der Waals surface area (Å²) >= 11 is 5.09. The summed E-state index contributed by atoms with van der Waals surface area (Å²) in [5.41, 5.74) is -2.32.